The molecule has 0 aromatic carbocycles. The Morgan fingerprint density at radius 1 is 1.12 bits per heavy atom. The van der Waals surface area contributed by atoms with Crippen molar-refractivity contribution in [3.05, 3.63) is 0 Å². The Morgan fingerprint density at radius 2 is 1.71 bits per heavy atom. The van der Waals surface area contributed by atoms with Gasteiger partial charge in [-0.2, -0.15) is 0 Å². The van der Waals surface area contributed by atoms with Gasteiger partial charge >= 0.3 is 0 Å². The molecule has 0 aliphatic heterocycles. The predicted molar refractivity (Wildman–Crippen MR) is 71.9 cm³/mol. The van der Waals surface area contributed by atoms with E-state index in [0.29, 0.717) is 18.2 Å². The summed E-state index contributed by atoms with van der Waals surface area (Å²) in [7, 11) is 0. The quantitative estimate of drug-likeness (QED) is 0.815. The van der Waals surface area contributed by atoms with Crippen LogP contribution in [0.4, 0.5) is 0 Å². The van der Waals surface area contributed by atoms with Crippen molar-refractivity contribution in [3.8, 4) is 0 Å². The van der Waals surface area contributed by atoms with Gasteiger partial charge in [-0.1, -0.05) is 20.8 Å². The lowest BCUT2D eigenvalue weighted by Gasteiger charge is -2.55. The van der Waals surface area contributed by atoms with Crippen molar-refractivity contribution < 1.29 is 4.74 Å². The van der Waals surface area contributed by atoms with Gasteiger partial charge in [0, 0.05) is 11.5 Å². The fourth-order valence-electron chi connectivity index (χ4n) is 3.80. The maximum atomic E-state index is 6.36. The van der Waals surface area contributed by atoms with Gasteiger partial charge in [-0.15, -0.1) is 0 Å². The lowest BCUT2D eigenvalue weighted by molar-refractivity contribution is -0.166. The summed E-state index contributed by atoms with van der Waals surface area (Å²) in [5, 5.41) is 0. The molecule has 2 fully saturated rings. The second-order valence-corrected chi connectivity index (χ2v) is 6.29. The van der Waals surface area contributed by atoms with Crippen molar-refractivity contribution >= 4 is 0 Å². The molecule has 2 unspecified atom stereocenters. The van der Waals surface area contributed by atoms with Crippen molar-refractivity contribution in [2.75, 3.05) is 0 Å². The normalized spacial score (nSPS) is 40.9. The average molecular weight is 239 g/mol. The number of ether oxygens (including phenoxy) is 1. The Kier molecular flexibility index (Phi) is 4.14. The van der Waals surface area contributed by atoms with Gasteiger partial charge in [-0.25, -0.2) is 0 Å². The molecule has 0 radical (unpaired) electrons. The first kappa shape index (κ1) is 13.4. The lowest BCUT2D eigenvalue weighted by Crippen LogP contribution is -2.62. The van der Waals surface area contributed by atoms with E-state index in [9.17, 15) is 0 Å². The van der Waals surface area contributed by atoms with Crippen LogP contribution in [0.5, 0.6) is 0 Å². The molecule has 2 atom stereocenters. The van der Waals surface area contributed by atoms with E-state index in [2.05, 4.69) is 20.8 Å². The Bertz CT molecular complexity index is 241. The Hall–Kier alpha value is -0.0800. The van der Waals surface area contributed by atoms with Crippen molar-refractivity contribution in [1.29, 1.82) is 0 Å². The summed E-state index contributed by atoms with van der Waals surface area (Å²) < 4.78 is 6.36. The van der Waals surface area contributed by atoms with Crippen LogP contribution >= 0.6 is 0 Å². The maximum Gasteiger partial charge on any atom is 0.0664 e. The monoisotopic (exact) mass is 239 g/mol. The van der Waals surface area contributed by atoms with E-state index in [-0.39, 0.29) is 5.41 Å². The molecule has 0 aromatic rings. The van der Waals surface area contributed by atoms with Gasteiger partial charge in [0.15, 0.2) is 0 Å². The molecule has 2 aliphatic carbocycles. The summed E-state index contributed by atoms with van der Waals surface area (Å²) in [5.41, 5.74) is 6.50. The molecular formula is C15H29NO. The van der Waals surface area contributed by atoms with Crippen LogP contribution in [0.1, 0.15) is 65.7 Å². The van der Waals surface area contributed by atoms with Gasteiger partial charge in [0.2, 0.25) is 0 Å². The zero-order valence-corrected chi connectivity index (χ0v) is 11.7. The highest BCUT2D eigenvalue weighted by molar-refractivity contribution is 5.05. The Balaban J connectivity index is 1.87. The summed E-state index contributed by atoms with van der Waals surface area (Å²) in [5.74, 6) is 0.903. The van der Waals surface area contributed by atoms with Gasteiger partial charge in [-0.05, 0) is 50.9 Å². The number of rotatable bonds is 4. The van der Waals surface area contributed by atoms with Crippen LogP contribution < -0.4 is 5.73 Å². The summed E-state index contributed by atoms with van der Waals surface area (Å²) in [6, 6.07) is 0.366. The van der Waals surface area contributed by atoms with Gasteiger partial charge < -0.3 is 10.5 Å². The zero-order chi connectivity index (χ0) is 12.5. The van der Waals surface area contributed by atoms with Crippen molar-refractivity contribution in [2.45, 2.75) is 84.0 Å². The summed E-state index contributed by atoms with van der Waals surface area (Å²) in [6.07, 6.45) is 9.56. The molecule has 2 heteroatoms. The minimum absolute atomic E-state index is 0.281. The standard InChI is InChI=1S/C15H29NO/c1-4-15(5-2)13(16)10-14(15)17-12-8-6-11(3)7-9-12/h11-14H,4-10,16H2,1-3H3. The van der Waals surface area contributed by atoms with E-state index in [1.807, 2.05) is 0 Å². The SMILES string of the molecule is CCC1(CC)C(N)CC1OC1CCC(C)CC1. The fourth-order valence-corrected chi connectivity index (χ4v) is 3.80. The van der Waals surface area contributed by atoms with Gasteiger partial charge in [0.25, 0.3) is 0 Å². The molecular weight excluding hydrogens is 210 g/mol. The summed E-state index contributed by atoms with van der Waals surface area (Å²) in [4.78, 5) is 0. The zero-order valence-electron chi connectivity index (χ0n) is 11.7. The molecule has 2 aliphatic rings. The van der Waals surface area contributed by atoms with Crippen LogP contribution in [-0.2, 0) is 4.74 Å². The van der Waals surface area contributed by atoms with Crippen molar-refractivity contribution in [3.63, 3.8) is 0 Å². The van der Waals surface area contributed by atoms with E-state index >= 15 is 0 Å². The molecule has 2 nitrogen and oxygen atoms in total. The highest BCUT2D eigenvalue weighted by Gasteiger charge is 2.52. The average Bonchev–Trinajstić information content (AvgIpc) is 2.33. The number of nitrogens with two attached hydrogens (primary N) is 1. The first-order valence-electron chi connectivity index (χ1n) is 7.53. The lowest BCUT2D eigenvalue weighted by atomic mass is 9.59. The van der Waals surface area contributed by atoms with Crippen LogP contribution in [0.2, 0.25) is 0 Å². The van der Waals surface area contributed by atoms with Crippen LogP contribution in [0.3, 0.4) is 0 Å². The van der Waals surface area contributed by atoms with Crippen LogP contribution in [0, 0.1) is 11.3 Å². The van der Waals surface area contributed by atoms with Crippen LogP contribution in [-0.4, -0.2) is 18.2 Å². The van der Waals surface area contributed by atoms with Crippen molar-refractivity contribution in [1.82, 2.24) is 0 Å². The summed E-state index contributed by atoms with van der Waals surface area (Å²) >= 11 is 0. The van der Waals surface area contributed by atoms with E-state index < -0.39 is 0 Å². The Labute approximate surface area is 106 Å². The second kappa shape index (κ2) is 5.27. The minimum Gasteiger partial charge on any atom is -0.374 e. The largest absolute Gasteiger partial charge is 0.374 e. The summed E-state index contributed by atoms with van der Waals surface area (Å²) in [6.45, 7) is 6.89. The molecule has 0 heterocycles. The molecule has 0 amide bonds. The molecule has 2 saturated carbocycles. The maximum absolute atomic E-state index is 6.36. The molecule has 2 rings (SSSR count). The van der Waals surface area contributed by atoms with Gasteiger partial charge in [-0.3, -0.25) is 0 Å². The minimum atomic E-state index is 0.281. The molecule has 0 spiro atoms. The third kappa shape index (κ3) is 2.39. The molecule has 0 saturated heterocycles. The number of hydrogen-bond acceptors (Lipinski definition) is 2. The van der Waals surface area contributed by atoms with Gasteiger partial charge in [0.1, 0.15) is 0 Å². The van der Waals surface area contributed by atoms with Gasteiger partial charge in [0.05, 0.1) is 12.2 Å². The highest BCUT2D eigenvalue weighted by atomic mass is 16.5. The van der Waals surface area contributed by atoms with Crippen LogP contribution in [0.15, 0.2) is 0 Å². The van der Waals surface area contributed by atoms with Crippen LogP contribution in [0.25, 0.3) is 0 Å². The van der Waals surface area contributed by atoms with E-state index in [4.69, 9.17) is 10.5 Å². The van der Waals surface area contributed by atoms with E-state index in [0.717, 1.165) is 12.3 Å². The smallest absolute Gasteiger partial charge is 0.0664 e. The highest BCUT2D eigenvalue weighted by Crippen LogP contribution is 2.48. The second-order valence-electron chi connectivity index (χ2n) is 6.29. The topological polar surface area (TPSA) is 35.2 Å². The molecule has 17 heavy (non-hydrogen) atoms. The molecule has 0 aromatic heterocycles. The molecule has 2 N–H and O–H groups in total. The van der Waals surface area contributed by atoms with E-state index in [1.54, 1.807) is 0 Å². The Morgan fingerprint density at radius 3 is 2.18 bits per heavy atom. The first-order chi connectivity index (χ1) is 8.12. The molecule has 0 bridgehead atoms. The fraction of sp³-hybridized carbons (Fsp3) is 1.00. The molecule has 100 valence electrons. The third-order valence-corrected chi connectivity index (χ3v) is 5.48. The van der Waals surface area contributed by atoms with Crippen molar-refractivity contribution in [2.24, 2.45) is 17.1 Å². The number of hydrogen-bond donors (Lipinski definition) is 1. The first-order valence-corrected chi connectivity index (χ1v) is 7.53. The van der Waals surface area contributed by atoms with E-state index in [1.165, 1.54) is 38.5 Å². The predicted octanol–water partition coefficient (Wildman–Crippen LogP) is 3.49. The third-order valence-electron chi connectivity index (χ3n) is 5.48.